The summed E-state index contributed by atoms with van der Waals surface area (Å²) >= 11 is 0. The predicted molar refractivity (Wildman–Crippen MR) is 77.3 cm³/mol. The molecule has 0 atom stereocenters. The number of ketones is 1. The van der Waals surface area contributed by atoms with Crippen LogP contribution in [0.3, 0.4) is 0 Å². The maximum Gasteiger partial charge on any atom is 0.160 e. The molecule has 16 heavy (non-hydrogen) atoms. The van der Waals surface area contributed by atoms with E-state index >= 15 is 0 Å². The molecule has 0 unspecified atom stereocenters. The van der Waals surface area contributed by atoms with Crippen LogP contribution in [0.4, 0.5) is 0 Å². The molecule has 0 saturated carbocycles. The summed E-state index contributed by atoms with van der Waals surface area (Å²) in [6, 6.07) is 7.60. The van der Waals surface area contributed by atoms with E-state index in [1.54, 1.807) is 6.92 Å². The molecule has 0 aliphatic rings. The fourth-order valence-corrected chi connectivity index (χ4v) is 0.968. The van der Waals surface area contributed by atoms with E-state index in [0.717, 1.165) is 11.1 Å². The Bertz CT molecular complexity index is 257. The number of hydrogen-bond donors (Lipinski definition) is 0. The van der Waals surface area contributed by atoms with Crippen molar-refractivity contribution in [3.8, 4) is 0 Å². The Morgan fingerprint density at radius 3 is 1.56 bits per heavy atom. The topological polar surface area (TPSA) is 17.1 Å². The van der Waals surface area contributed by atoms with Crippen LogP contribution in [0.25, 0.3) is 0 Å². The van der Waals surface area contributed by atoms with Crippen molar-refractivity contribution >= 4 is 5.78 Å². The van der Waals surface area contributed by atoms with Gasteiger partial charge in [0.1, 0.15) is 0 Å². The third kappa shape index (κ3) is 9.45. The Balaban J connectivity index is -0.000000106. The zero-order chi connectivity index (χ0) is 13.6. The van der Waals surface area contributed by atoms with Crippen molar-refractivity contribution in [2.75, 3.05) is 0 Å². The third-order valence-corrected chi connectivity index (χ3v) is 1.52. The largest absolute Gasteiger partial charge is 0.295 e. The van der Waals surface area contributed by atoms with Crippen molar-refractivity contribution < 1.29 is 6.22 Å². The van der Waals surface area contributed by atoms with Gasteiger partial charge in [0, 0.05) is 6.99 Å². The van der Waals surface area contributed by atoms with E-state index in [0.29, 0.717) is 0 Å². The molecule has 0 fully saturated rings. The highest BCUT2D eigenvalue weighted by molar-refractivity contribution is 5.95. The fourth-order valence-electron chi connectivity index (χ4n) is 0.968. The van der Waals surface area contributed by atoms with E-state index < -0.39 is 0 Å². The van der Waals surface area contributed by atoms with Crippen LogP contribution in [0.2, 0.25) is 0 Å². The number of hydrogen-bond acceptors (Lipinski definition) is 1. The maximum absolute atomic E-state index is 10.9. The zero-order valence-electron chi connectivity index (χ0n) is 12.2. The minimum Gasteiger partial charge on any atom is -0.295 e. The van der Waals surface area contributed by atoms with Gasteiger partial charge in [-0.2, -0.15) is 0 Å². The lowest BCUT2D eigenvalue weighted by atomic mass is 10.1. The van der Waals surface area contributed by atoms with Gasteiger partial charge in [0.15, 0.2) is 5.78 Å². The van der Waals surface area contributed by atoms with Crippen LogP contribution in [-0.2, 0) is 0 Å². The third-order valence-electron chi connectivity index (χ3n) is 1.52. The molecule has 0 radical (unpaired) electrons. The van der Waals surface area contributed by atoms with Crippen molar-refractivity contribution in [3.05, 3.63) is 35.4 Å². The zero-order valence-corrected chi connectivity index (χ0v) is 12.2. The van der Waals surface area contributed by atoms with Crippen LogP contribution in [0.15, 0.2) is 24.3 Å². The first-order valence-electron chi connectivity index (χ1n) is 6.28. The first kappa shape index (κ1) is 20.3. The molecule has 1 heteroatoms. The van der Waals surface area contributed by atoms with Crippen molar-refractivity contribution in [1.82, 2.24) is 0 Å². The number of carbonyl (C=O) groups excluding carboxylic acids is 1. The van der Waals surface area contributed by atoms with Gasteiger partial charge in [-0.05, 0) is 19.4 Å². The van der Waals surface area contributed by atoms with Crippen LogP contribution >= 0.6 is 0 Å². The van der Waals surface area contributed by atoms with Crippen LogP contribution in [0, 0.1) is 6.92 Å². The Morgan fingerprint density at radius 2 is 1.31 bits per heavy atom. The molecule has 1 aromatic carbocycles. The molecule has 0 aliphatic heterocycles. The van der Waals surface area contributed by atoms with Gasteiger partial charge in [0.2, 0.25) is 0 Å². The Hall–Kier alpha value is -1.11. The molecule has 0 N–H and O–H groups in total. The summed E-state index contributed by atoms with van der Waals surface area (Å²) in [4.78, 5) is 10.9. The standard InChI is InChI=1S/C9H10O.3C2H6.H2/c1-7-5-3-4-6-9(7)8(2)10;3*1-2;/h3-6H,1-2H3;3*1-2H3;1H. The number of Topliss-reactive ketones (excluding diaryl/α,β-unsaturated/α-hetero) is 1. The summed E-state index contributed by atoms with van der Waals surface area (Å²) in [5, 5.41) is 0. The highest BCUT2D eigenvalue weighted by atomic mass is 16.1. The first-order chi connectivity index (χ1) is 7.72. The van der Waals surface area contributed by atoms with Crippen LogP contribution in [0.5, 0.6) is 0 Å². The summed E-state index contributed by atoms with van der Waals surface area (Å²) in [6.45, 7) is 15.5. The highest BCUT2D eigenvalue weighted by Gasteiger charge is 1.99. The lowest BCUT2D eigenvalue weighted by molar-refractivity contribution is 0.101. The summed E-state index contributed by atoms with van der Waals surface area (Å²) in [5.74, 6) is 0.137. The number of aryl methyl sites for hydroxylation is 1. The smallest absolute Gasteiger partial charge is 0.160 e. The Labute approximate surface area is 103 Å². The van der Waals surface area contributed by atoms with Gasteiger partial charge in [-0.25, -0.2) is 0 Å². The molecule has 0 spiro atoms. The minimum atomic E-state index is 0. The second kappa shape index (κ2) is 16.3. The van der Waals surface area contributed by atoms with Gasteiger partial charge in [0.25, 0.3) is 0 Å². The molecule has 0 amide bonds. The van der Waals surface area contributed by atoms with E-state index in [4.69, 9.17) is 0 Å². The molecule has 0 saturated heterocycles. The van der Waals surface area contributed by atoms with Crippen LogP contribution < -0.4 is 0 Å². The van der Waals surface area contributed by atoms with Gasteiger partial charge >= 0.3 is 0 Å². The number of benzene rings is 1. The van der Waals surface area contributed by atoms with Gasteiger partial charge in [-0.1, -0.05) is 65.8 Å². The second-order valence-electron chi connectivity index (χ2n) is 2.37. The highest BCUT2D eigenvalue weighted by Crippen LogP contribution is 2.06. The van der Waals surface area contributed by atoms with E-state index in [9.17, 15) is 4.79 Å². The predicted octanol–water partition coefficient (Wildman–Crippen LogP) is 5.52. The molecule has 0 bridgehead atoms. The summed E-state index contributed by atoms with van der Waals surface area (Å²) in [6.07, 6.45) is 0. The van der Waals surface area contributed by atoms with Crippen LogP contribution in [-0.4, -0.2) is 5.78 Å². The van der Waals surface area contributed by atoms with E-state index in [-0.39, 0.29) is 7.21 Å². The fraction of sp³-hybridized carbons (Fsp3) is 0.533. The van der Waals surface area contributed by atoms with Gasteiger partial charge < -0.3 is 0 Å². The lowest BCUT2D eigenvalue weighted by Gasteiger charge is -1.97. The Morgan fingerprint density at radius 1 is 0.938 bits per heavy atom. The van der Waals surface area contributed by atoms with E-state index in [1.807, 2.05) is 72.7 Å². The number of carbonyl (C=O) groups is 1. The molecular weight excluding hydrogens is 196 g/mol. The molecule has 0 heterocycles. The first-order valence-corrected chi connectivity index (χ1v) is 6.28. The molecule has 96 valence electrons. The normalized spacial score (nSPS) is 7.00. The van der Waals surface area contributed by atoms with Crippen molar-refractivity contribution in [2.45, 2.75) is 55.4 Å². The lowest BCUT2D eigenvalue weighted by Crippen LogP contribution is -1.93. The molecule has 0 aliphatic carbocycles. The van der Waals surface area contributed by atoms with Gasteiger partial charge in [0.05, 0.1) is 0 Å². The summed E-state index contributed by atoms with van der Waals surface area (Å²) in [5.41, 5.74) is 1.87. The molecule has 1 aromatic rings. The monoisotopic (exact) mass is 226 g/mol. The maximum atomic E-state index is 10.9. The number of rotatable bonds is 1. The molecule has 1 rings (SSSR count). The molecule has 1 nitrogen and oxygen atoms in total. The minimum absolute atomic E-state index is 0. The average molecular weight is 226 g/mol. The van der Waals surface area contributed by atoms with Gasteiger partial charge in [-0.15, -0.1) is 0 Å². The van der Waals surface area contributed by atoms with Crippen LogP contribution in [0.1, 0.15) is 65.8 Å². The van der Waals surface area contributed by atoms with Gasteiger partial charge in [-0.3, -0.25) is 4.79 Å². The Kier molecular flexibility index (Phi) is 20.7. The van der Waals surface area contributed by atoms with E-state index in [2.05, 4.69) is 0 Å². The summed E-state index contributed by atoms with van der Waals surface area (Å²) in [7, 11) is 0. The average Bonchev–Trinajstić information content (AvgIpc) is 2.37. The molecule has 0 aromatic heterocycles. The SMILES string of the molecule is CC.CC.CC.CC(=O)c1ccccc1C.[HH]. The summed E-state index contributed by atoms with van der Waals surface area (Å²) < 4.78 is 0. The quantitative estimate of drug-likeness (QED) is 0.576. The van der Waals surface area contributed by atoms with Crippen molar-refractivity contribution in [3.63, 3.8) is 0 Å². The van der Waals surface area contributed by atoms with Crippen molar-refractivity contribution in [2.24, 2.45) is 0 Å². The van der Waals surface area contributed by atoms with Crippen molar-refractivity contribution in [1.29, 1.82) is 0 Å². The second-order valence-corrected chi connectivity index (χ2v) is 2.37. The molecular formula is C15H30O. The van der Waals surface area contributed by atoms with E-state index in [1.165, 1.54) is 0 Å².